The molecule has 108 valence electrons. The predicted octanol–water partition coefficient (Wildman–Crippen LogP) is 4.61. The zero-order valence-corrected chi connectivity index (χ0v) is 12.4. The molecule has 22 heavy (non-hydrogen) atoms. The number of hydrogen-bond donors (Lipinski definition) is 0. The van der Waals surface area contributed by atoms with Gasteiger partial charge in [0, 0.05) is 6.42 Å². The first kappa shape index (κ1) is 14.3. The van der Waals surface area contributed by atoms with Crippen LogP contribution in [0.3, 0.4) is 0 Å². The Kier molecular flexibility index (Phi) is 4.15. The number of aldehydes is 1. The summed E-state index contributed by atoms with van der Waals surface area (Å²) in [6, 6.07) is 30.8. The normalized spacial score (nSPS) is 11.1. The van der Waals surface area contributed by atoms with Gasteiger partial charge in [0.2, 0.25) is 0 Å². The molecule has 0 amide bonds. The van der Waals surface area contributed by atoms with Gasteiger partial charge in [-0.3, -0.25) is 0 Å². The summed E-state index contributed by atoms with van der Waals surface area (Å²) in [5, 5.41) is 0. The zero-order chi connectivity index (χ0) is 15.3. The van der Waals surface area contributed by atoms with Crippen LogP contribution in [0.15, 0.2) is 91.0 Å². The highest BCUT2D eigenvalue weighted by Crippen LogP contribution is 2.41. The second kappa shape index (κ2) is 6.40. The Morgan fingerprint density at radius 1 is 0.591 bits per heavy atom. The molecular formula is C21H18O. The van der Waals surface area contributed by atoms with Gasteiger partial charge in [-0.25, -0.2) is 0 Å². The maximum atomic E-state index is 11.5. The van der Waals surface area contributed by atoms with Crippen LogP contribution < -0.4 is 0 Å². The van der Waals surface area contributed by atoms with Gasteiger partial charge in [0.15, 0.2) is 0 Å². The van der Waals surface area contributed by atoms with E-state index in [1.807, 2.05) is 54.6 Å². The lowest BCUT2D eigenvalue weighted by atomic mass is 9.67. The molecular weight excluding hydrogens is 268 g/mol. The minimum atomic E-state index is -0.439. The number of carbonyl (C=O) groups excluding carboxylic acids is 1. The maximum Gasteiger partial charge on any atom is 0.121 e. The zero-order valence-electron chi connectivity index (χ0n) is 12.4. The molecule has 0 saturated heterocycles. The quantitative estimate of drug-likeness (QED) is 0.494. The maximum absolute atomic E-state index is 11.5. The van der Waals surface area contributed by atoms with Crippen LogP contribution in [0.1, 0.15) is 23.1 Å². The molecule has 0 aromatic heterocycles. The van der Waals surface area contributed by atoms with Crippen LogP contribution in [0.2, 0.25) is 0 Å². The summed E-state index contributed by atoms with van der Waals surface area (Å²) in [4.78, 5) is 11.5. The van der Waals surface area contributed by atoms with E-state index in [1.54, 1.807) is 0 Å². The van der Waals surface area contributed by atoms with E-state index in [9.17, 15) is 4.79 Å². The minimum Gasteiger partial charge on any atom is -0.303 e. The summed E-state index contributed by atoms with van der Waals surface area (Å²) in [6.45, 7) is 0. The Bertz CT molecular complexity index is 621. The summed E-state index contributed by atoms with van der Waals surface area (Å²) in [5.74, 6) is 0. The van der Waals surface area contributed by atoms with Crippen molar-refractivity contribution in [3.63, 3.8) is 0 Å². The predicted molar refractivity (Wildman–Crippen MR) is 89.9 cm³/mol. The van der Waals surface area contributed by atoms with Crippen LogP contribution in [-0.2, 0) is 10.2 Å². The van der Waals surface area contributed by atoms with E-state index in [1.165, 1.54) is 0 Å². The fourth-order valence-corrected chi connectivity index (χ4v) is 3.15. The Morgan fingerprint density at radius 3 is 1.18 bits per heavy atom. The summed E-state index contributed by atoms with van der Waals surface area (Å²) in [6.07, 6.45) is 1.44. The molecule has 3 rings (SSSR count). The first-order valence-electron chi connectivity index (χ1n) is 7.48. The van der Waals surface area contributed by atoms with Crippen molar-refractivity contribution in [2.75, 3.05) is 0 Å². The highest BCUT2D eigenvalue weighted by Gasteiger charge is 2.35. The third kappa shape index (κ3) is 2.46. The summed E-state index contributed by atoms with van der Waals surface area (Å²) in [7, 11) is 0. The Hall–Kier alpha value is -2.67. The van der Waals surface area contributed by atoms with Gasteiger partial charge in [0.1, 0.15) is 6.29 Å². The minimum absolute atomic E-state index is 0.422. The van der Waals surface area contributed by atoms with Crippen molar-refractivity contribution in [1.29, 1.82) is 0 Å². The molecule has 0 aliphatic carbocycles. The van der Waals surface area contributed by atoms with Gasteiger partial charge in [-0.05, 0) is 16.7 Å². The highest BCUT2D eigenvalue weighted by molar-refractivity contribution is 5.62. The molecule has 0 atom stereocenters. The average Bonchev–Trinajstić information content (AvgIpc) is 2.62. The van der Waals surface area contributed by atoms with Gasteiger partial charge in [-0.15, -0.1) is 0 Å². The molecule has 1 nitrogen and oxygen atoms in total. The topological polar surface area (TPSA) is 17.1 Å². The molecule has 3 aromatic rings. The number of carbonyl (C=O) groups is 1. The molecule has 0 fully saturated rings. The van der Waals surface area contributed by atoms with E-state index in [0.29, 0.717) is 6.42 Å². The van der Waals surface area contributed by atoms with Crippen LogP contribution in [0.4, 0.5) is 0 Å². The largest absolute Gasteiger partial charge is 0.303 e. The van der Waals surface area contributed by atoms with Crippen LogP contribution >= 0.6 is 0 Å². The van der Waals surface area contributed by atoms with Gasteiger partial charge in [-0.2, -0.15) is 0 Å². The first-order valence-corrected chi connectivity index (χ1v) is 7.48. The van der Waals surface area contributed by atoms with Crippen molar-refractivity contribution in [3.05, 3.63) is 108 Å². The van der Waals surface area contributed by atoms with E-state index in [0.717, 1.165) is 23.0 Å². The van der Waals surface area contributed by atoms with Crippen LogP contribution in [0.25, 0.3) is 0 Å². The molecule has 0 unspecified atom stereocenters. The van der Waals surface area contributed by atoms with E-state index in [4.69, 9.17) is 0 Å². The molecule has 0 aliphatic heterocycles. The summed E-state index contributed by atoms with van der Waals surface area (Å²) in [5.41, 5.74) is 2.98. The molecule has 0 spiro atoms. The molecule has 0 N–H and O–H groups in total. The van der Waals surface area contributed by atoms with Gasteiger partial charge >= 0.3 is 0 Å². The monoisotopic (exact) mass is 286 g/mol. The third-order valence-corrected chi connectivity index (χ3v) is 4.19. The Labute approximate surface area is 131 Å². The van der Waals surface area contributed by atoms with Crippen molar-refractivity contribution in [2.45, 2.75) is 11.8 Å². The summed E-state index contributed by atoms with van der Waals surface area (Å²) < 4.78 is 0. The smallest absolute Gasteiger partial charge is 0.121 e. The van der Waals surface area contributed by atoms with Crippen molar-refractivity contribution in [1.82, 2.24) is 0 Å². The SMILES string of the molecule is O=CCC(c1ccccc1)(c1ccccc1)c1ccccc1. The molecule has 1 heteroatoms. The van der Waals surface area contributed by atoms with Crippen molar-refractivity contribution in [3.8, 4) is 0 Å². The van der Waals surface area contributed by atoms with Crippen molar-refractivity contribution >= 4 is 6.29 Å². The molecule has 0 bridgehead atoms. The number of hydrogen-bond acceptors (Lipinski definition) is 1. The second-order valence-corrected chi connectivity index (χ2v) is 5.37. The van der Waals surface area contributed by atoms with E-state index >= 15 is 0 Å². The van der Waals surface area contributed by atoms with Gasteiger partial charge in [-0.1, -0.05) is 91.0 Å². The lowest BCUT2D eigenvalue weighted by Gasteiger charge is -2.34. The van der Waals surface area contributed by atoms with Crippen LogP contribution in [0.5, 0.6) is 0 Å². The molecule has 3 aromatic carbocycles. The fraction of sp³-hybridized carbons (Fsp3) is 0.0952. The van der Waals surface area contributed by atoms with E-state index in [-0.39, 0.29) is 0 Å². The van der Waals surface area contributed by atoms with Crippen molar-refractivity contribution in [2.24, 2.45) is 0 Å². The second-order valence-electron chi connectivity index (χ2n) is 5.37. The van der Waals surface area contributed by atoms with Crippen molar-refractivity contribution < 1.29 is 4.79 Å². The van der Waals surface area contributed by atoms with Crippen LogP contribution in [-0.4, -0.2) is 6.29 Å². The van der Waals surface area contributed by atoms with Crippen LogP contribution in [0, 0.1) is 0 Å². The summed E-state index contributed by atoms with van der Waals surface area (Å²) >= 11 is 0. The number of benzene rings is 3. The van der Waals surface area contributed by atoms with E-state index in [2.05, 4.69) is 36.4 Å². The molecule has 0 heterocycles. The number of rotatable bonds is 5. The van der Waals surface area contributed by atoms with Gasteiger partial charge in [0.25, 0.3) is 0 Å². The lowest BCUT2D eigenvalue weighted by molar-refractivity contribution is -0.108. The molecule has 0 saturated carbocycles. The standard InChI is InChI=1S/C21H18O/c22-17-16-21(18-10-4-1-5-11-18,19-12-6-2-7-13-19)20-14-8-3-9-15-20/h1-15,17H,16H2. The lowest BCUT2D eigenvalue weighted by Crippen LogP contribution is -2.29. The fourth-order valence-electron chi connectivity index (χ4n) is 3.15. The molecule has 0 radical (unpaired) electrons. The Balaban J connectivity index is 2.31. The van der Waals surface area contributed by atoms with E-state index < -0.39 is 5.41 Å². The average molecular weight is 286 g/mol. The third-order valence-electron chi connectivity index (χ3n) is 4.19. The highest BCUT2D eigenvalue weighted by atomic mass is 16.1. The van der Waals surface area contributed by atoms with Gasteiger partial charge in [0.05, 0.1) is 5.41 Å². The molecule has 0 aliphatic rings. The Morgan fingerprint density at radius 2 is 0.909 bits per heavy atom. The van der Waals surface area contributed by atoms with Gasteiger partial charge < -0.3 is 4.79 Å². The first-order chi connectivity index (χ1) is 10.9.